The van der Waals surface area contributed by atoms with E-state index >= 15 is 0 Å². The molecule has 0 spiro atoms. The van der Waals surface area contributed by atoms with Gasteiger partial charge in [-0.1, -0.05) is 156 Å². The Labute approximate surface area is 262 Å². The summed E-state index contributed by atoms with van der Waals surface area (Å²) < 4.78 is 0. The van der Waals surface area contributed by atoms with E-state index in [4.69, 9.17) is 0 Å². The Morgan fingerprint density at radius 2 is 0.791 bits per heavy atom. The molecule has 0 heterocycles. The molecule has 43 heavy (non-hydrogen) atoms. The Morgan fingerprint density at radius 1 is 0.395 bits per heavy atom. The molecule has 0 aromatic heterocycles. The van der Waals surface area contributed by atoms with Gasteiger partial charge in [0.2, 0.25) is 0 Å². The first kappa shape index (κ1) is 33.1. The van der Waals surface area contributed by atoms with Crippen LogP contribution < -0.4 is 5.30 Å². The van der Waals surface area contributed by atoms with E-state index in [1.165, 1.54) is 27.8 Å². The minimum Gasteiger partial charge on any atom is -0.347 e. The molecule has 0 amide bonds. The third-order valence-corrected chi connectivity index (χ3v) is 9.15. The molecule has 0 atom stereocenters. The smallest absolute Gasteiger partial charge is 0.200 e. The molecule has 0 aliphatic rings. The van der Waals surface area contributed by atoms with Gasteiger partial charge in [0.25, 0.3) is 0 Å². The third kappa shape index (κ3) is 6.68. The van der Waals surface area contributed by atoms with Crippen LogP contribution in [0.25, 0.3) is 33.4 Å². The molecule has 2 N–H and O–H groups in total. The van der Waals surface area contributed by atoms with Gasteiger partial charge in [-0.2, -0.15) is 0 Å². The largest absolute Gasteiger partial charge is 0.347 e. The average Bonchev–Trinajstić information content (AvgIpc) is 2.89. The van der Waals surface area contributed by atoms with Gasteiger partial charge in [0.15, 0.2) is 8.38 Å². The fraction of sp³-hybridized carbons (Fsp3) is 0.400. The van der Waals surface area contributed by atoms with Gasteiger partial charge in [-0.15, -0.1) is 0 Å². The second-order valence-corrected chi connectivity index (χ2v) is 17.1. The quantitative estimate of drug-likeness (QED) is 0.231. The van der Waals surface area contributed by atoms with Crippen LogP contribution in [0.4, 0.5) is 0 Å². The van der Waals surface area contributed by atoms with Gasteiger partial charge in [0.1, 0.15) is 0 Å². The topological polar surface area (TPSA) is 40.5 Å². The summed E-state index contributed by atoms with van der Waals surface area (Å²) in [7, 11) is -2.38. The van der Waals surface area contributed by atoms with Crippen LogP contribution in [0.15, 0.2) is 78.9 Å². The van der Waals surface area contributed by atoms with Crippen LogP contribution in [0.5, 0.6) is 0 Å². The summed E-state index contributed by atoms with van der Waals surface area (Å²) in [6.45, 7) is 27.2. The minimum atomic E-state index is -2.38. The van der Waals surface area contributed by atoms with Crippen LogP contribution >= 0.6 is 8.38 Å². The van der Waals surface area contributed by atoms with E-state index < -0.39 is 8.38 Å². The van der Waals surface area contributed by atoms with E-state index in [0.29, 0.717) is 5.30 Å². The summed E-state index contributed by atoms with van der Waals surface area (Å²) in [5.41, 5.74) is 10.9. The monoisotopic (exact) mass is 594 g/mol. The Kier molecular flexibility index (Phi) is 8.96. The summed E-state index contributed by atoms with van der Waals surface area (Å²) in [5.74, 6) is 0. The fourth-order valence-electron chi connectivity index (χ4n) is 6.29. The Bertz CT molecular complexity index is 1540. The molecular formula is C40H51O2P. The number of hydrogen-bond acceptors (Lipinski definition) is 2. The molecule has 228 valence electrons. The first-order valence-electron chi connectivity index (χ1n) is 15.4. The van der Waals surface area contributed by atoms with Gasteiger partial charge in [-0.25, -0.2) is 0 Å². The Morgan fingerprint density at radius 3 is 1.16 bits per heavy atom. The van der Waals surface area contributed by atoms with Crippen molar-refractivity contribution in [3.05, 3.63) is 101 Å². The molecule has 2 nitrogen and oxygen atoms in total. The standard InChI is InChI=1S/C40H51O2P/c1-37(2,3)28-20-16-21-29(38(4,5)6)34(28)27-24-25-32(43(41)42)36(33(27)26-18-14-13-15-19-26)35-30(39(7,8)9)22-17-23-31(35)40(10,11)12/h13-25,41-42H,1-12H3. The molecular weight excluding hydrogens is 543 g/mol. The number of benzene rings is 4. The molecule has 0 saturated carbocycles. The summed E-state index contributed by atoms with van der Waals surface area (Å²) in [6.07, 6.45) is 0. The predicted octanol–water partition coefficient (Wildman–Crippen LogP) is 10.8. The summed E-state index contributed by atoms with van der Waals surface area (Å²) in [5, 5.41) is 0.588. The second-order valence-electron chi connectivity index (χ2n) is 16.0. The maximum Gasteiger partial charge on any atom is 0.200 e. The van der Waals surface area contributed by atoms with Gasteiger partial charge in [-0.3, -0.25) is 0 Å². The molecule has 4 aromatic carbocycles. The maximum absolute atomic E-state index is 11.1. The molecule has 0 aliphatic heterocycles. The predicted molar refractivity (Wildman–Crippen MR) is 189 cm³/mol. The van der Waals surface area contributed by atoms with Crippen molar-refractivity contribution in [1.29, 1.82) is 0 Å². The van der Waals surface area contributed by atoms with Gasteiger partial charge in [-0.05, 0) is 77.8 Å². The van der Waals surface area contributed by atoms with Gasteiger partial charge >= 0.3 is 0 Å². The molecule has 4 aromatic rings. The minimum absolute atomic E-state index is 0.107. The van der Waals surface area contributed by atoms with E-state index in [2.05, 4.69) is 150 Å². The van der Waals surface area contributed by atoms with Crippen molar-refractivity contribution in [3.8, 4) is 33.4 Å². The zero-order valence-electron chi connectivity index (χ0n) is 28.3. The van der Waals surface area contributed by atoms with Crippen molar-refractivity contribution < 1.29 is 9.79 Å². The molecule has 0 saturated heterocycles. The molecule has 0 radical (unpaired) electrons. The van der Waals surface area contributed by atoms with Crippen molar-refractivity contribution >= 4 is 13.7 Å². The zero-order chi connectivity index (χ0) is 32.1. The van der Waals surface area contributed by atoms with E-state index in [9.17, 15) is 9.79 Å². The second kappa shape index (κ2) is 11.6. The van der Waals surface area contributed by atoms with Crippen molar-refractivity contribution in [2.24, 2.45) is 0 Å². The lowest BCUT2D eigenvalue weighted by Crippen LogP contribution is -2.22. The SMILES string of the molecule is CC(C)(C)c1cccc(C(C)(C)C)c1-c1ccc(P(O)O)c(-c2c(C(C)(C)C)cccc2C(C)(C)C)c1-c1ccccc1. The molecule has 0 bridgehead atoms. The van der Waals surface area contributed by atoms with Gasteiger partial charge < -0.3 is 9.79 Å². The first-order valence-corrected chi connectivity index (χ1v) is 16.7. The maximum atomic E-state index is 11.1. The highest BCUT2D eigenvalue weighted by Gasteiger charge is 2.34. The van der Waals surface area contributed by atoms with Crippen molar-refractivity contribution in [3.63, 3.8) is 0 Å². The summed E-state index contributed by atoms with van der Waals surface area (Å²) in [6, 6.07) is 28.0. The molecule has 0 aliphatic carbocycles. The Hall–Kier alpha value is -2.77. The normalized spacial score (nSPS) is 13.1. The number of hydrogen-bond donors (Lipinski definition) is 2. The van der Waals surface area contributed by atoms with Gasteiger partial charge in [0.05, 0.1) is 0 Å². The van der Waals surface area contributed by atoms with E-state index in [1.54, 1.807) is 0 Å². The van der Waals surface area contributed by atoms with Crippen molar-refractivity contribution in [2.45, 2.75) is 105 Å². The van der Waals surface area contributed by atoms with Crippen LogP contribution in [0.2, 0.25) is 0 Å². The highest BCUT2D eigenvalue weighted by atomic mass is 31.2. The van der Waals surface area contributed by atoms with E-state index in [1.807, 2.05) is 12.1 Å². The third-order valence-electron chi connectivity index (χ3n) is 8.34. The number of rotatable bonds is 4. The lowest BCUT2D eigenvalue weighted by atomic mass is 9.70. The van der Waals surface area contributed by atoms with Gasteiger partial charge in [0, 0.05) is 10.9 Å². The lowest BCUT2D eigenvalue weighted by Gasteiger charge is -2.34. The Balaban J connectivity index is 2.39. The summed E-state index contributed by atoms with van der Waals surface area (Å²) >= 11 is 0. The zero-order valence-corrected chi connectivity index (χ0v) is 29.2. The molecule has 4 rings (SSSR count). The molecule has 3 heteroatoms. The summed E-state index contributed by atoms with van der Waals surface area (Å²) in [4.78, 5) is 22.1. The van der Waals surface area contributed by atoms with E-state index in [0.717, 1.165) is 27.8 Å². The molecule has 0 fully saturated rings. The molecule has 0 unspecified atom stereocenters. The highest BCUT2D eigenvalue weighted by molar-refractivity contribution is 7.54. The van der Waals surface area contributed by atoms with Crippen LogP contribution in [0, 0.1) is 0 Å². The fourth-order valence-corrected chi connectivity index (χ4v) is 6.92. The van der Waals surface area contributed by atoms with Crippen molar-refractivity contribution in [2.75, 3.05) is 0 Å². The average molecular weight is 595 g/mol. The first-order chi connectivity index (χ1) is 19.7. The van der Waals surface area contributed by atoms with E-state index in [-0.39, 0.29) is 21.7 Å². The van der Waals surface area contributed by atoms with Crippen molar-refractivity contribution in [1.82, 2.24) is 0 Å². The lowest BCUT2D eigenvalue weighted by molar-refractivity contribution is 0.497. The van der Waals surface area contributed by atoms with Crippen LogP contribution in [-0.2, 0) is 21.7 Å². The van der Waals surface area contributed by atoms with Crippen LogP contribution in [-0.4, -0.2) is 9.79 Å². The highest BCUT2D eigenvalue weighted by Crippen LogP contribution is 2.51. The van der Waals surface area contributed by atoms with Crippen LogP contribution in [0.1, 0.15) is 105 Å². The van der Waals surface area contributed by atoms with Crippen LogP contribution in [0.3, 0.4) is 0 Å².